The highest BCUT2D eigenvalue weighted by Gasteiger charge is 2.56. The van der Waals surface area contributed by atoms with Crippen molar-refractivity contribution in [3.63, 3.8) is 0 Å². The Morgan fingerprint density at radius 2 is 1.46 bits per heavy atom. The Kier molecular flexibility index (Phi) is 5.65. The molecule has 1 amide bonds. The van der Waals surface area contributed by atoms with Crippen molar-refractivity contribution in [1.82, 2.24) is 9.80 Å². The molecule has 196 valence electrons. The molecule has 1 saturated heterocycles. The molecule has 2 aromatic carbocycles. The van der Waals surface area contributed by atoms with Gasteiger partial charge in [-0.3, -0.25) is 14.5 Å². The number of methoxy groups -OCH3 is 3. The zero-order valence-electron chi connectivity index (χ0n) is 21.8. The quantitative estimate of drug-likeness (QED) is 0.420. The van der Waals surface area contributed by atoms with Crippen LogP contribution >= 0.6 is 0 Å². The van der Waals surface area contributed by atoms with Gasteiger partial charge >= 0.3 is 0 Å². The second-order valence-electron chi connectivity index (χ2n) is 9.60. The van der Waals surface area contributed by atoms with Crippen LogP contribution in [0.2, 0.25) is 0 Å². The third-order valence-corrected chi connectivity index (χ3v) is 8.06. The second-order valence-corrected chi connectivity index (χ2v) is 9.60. The molecule has 3 aliphatic rings. The number of ether oxygens (including phenoxy) is 3. The molecule has 0 radical (unpaired) electrons. The monoisotopic (exact) mass is 510 g/mol. The van der Waals surface area contributed by atoms with Crippen molar-refractivity contribution in [3.8, 4) is 28.7 Å². The molecule has 0 spiro atoms. The zero-order chi connectivity index (χ0) is 27.1. The van der Waals surface area contributed by atoms with Gasteiger partial charge in [-0.2, -0.15) is 0 Å². The SMILES string of the molecule is COc1c(C)c(O)c2c(c1O)C1C3=Cc4c(C)c(C)c(OC)c(OC)c4[C@H](CO)N3C(=O)C(C2=O)N1C. The molecule has 5 rings (SSSR count). The lowest BCUT2D eigenvalue weighted by atomic mass is 9.76. The number of aliphatic hydroxyl groups excluding tert-OH is 1. The van der Waals surface area contributed by atoms with Crippen LogP contribution in [0.25, 0.3) is 6.08 Å². The van der Waals surface area contributed by atoms with E-state index in [0.29, 0.717) is 22.8 Å². The van der Waals surface area contributed by atoms with Gasteiger partial charge in [0, 0.05) is 22.4 Å². The number of rotatable bonds is 4. The Labute approximate surface area is 214 Å². The van der Waals surface area contributed by atoms with Gasteiger partial charge in [0.1, 0.15) is 5.75 Å². The van der Waals surface area contributed by atoms with Crippen LogP contribution in [0.4, 0.5) is 0 Å². The third kappa shape index (κ3) is 2.93. The van der Waals surface area contributed by atoms with Gasteiger partial charge in [-0.05, 0) is 50.6 Å². The number of amides is 1. The highest BCUT2D eigenvalue weighted by molar-refractivity contribution is 6.18. The van der Waals surface area contributed by atoms with Crippen LogP contribution in [0, 0.1) is 20.8 Å². The normalized spacial score (nSPS) is 22.2. The number of fused-ring (bicyclic) bond motifs is 7. The van der Waals surface area contributed by atoms with Gasteiger partial charge in [-0.15, -0.1) is 0 Å². The van der Waals surface area contributed by atoms with Gasteiger partial charge in [0.2, 0.25) is 0 Å². The van der Waals surface area contributed by atoms with Crippen LogP contribution in [0.1, 0.15) is 55.8 Å². The van der Waals surface area contributed by atoms with E-state index in [9.17, 15) is 24.9 Å². The summed E-state index contributed by atoms with van der Waals surface area (Å²) in [5, 5.41) is 32.9. The molecule has 10 nitrogen and oxygen atoms in total. The van der Waals surface area contributed by atoms with Crippen LogP contribution in [-0.2, 0) is 4.79 Å². The topological polar surface area (TPSA) is 129 Å². The average Bonchev–Trinajstić information content (AvgIpc) is 2.87. The van der Waals surface area contributed by atoms with E-state index in [2.05, 4.69) is 0 Å². The molecule has 10 heteroatoms. The predicted octanol–water partition coefficient (Wildman–Crippen LogP) is 2.52. The van der Waals surface area contributed by atoms with E-state index in [1.165, 1.54) is 33.2 Å². The minimum atomic E-state index is -1.26. The van der Waals surface area contributed by atoms with E-state index in [0.717, 1.165) is 16.7 Å². The Morgan fingerprint density at radius 1 is 0.838 bits per heavy atom. The largest absolute Gasteiger partial charge is 0.507 e. The summed E-state index contributed by atoms with van der Waals surface area (Å²) >= 11 is 0. The summed E-state index contributed by atoms with van der Waals surface area (Å²) in [5.74, 6) is -0.837. The first-order valence-electron chi connectivity index (χ1n) is 11.9. The second kappa shape index (κ2) is 8.39. The number of hydrogen-bond donors (Lipinski definition) is 3. The van der Waals surface area contributed by atoms with Crippen LogP contribution in [0.3, 0.4) is 0 Å². The number of carbonyl (C=O) groups is 2. The lowest BCUT2D eigenvalue weighted by Gasteiger charge is -2.52. The van der Waals surface area contributed by atoms with E-state index in [4.69, 9.17) is 14.2 Å². The Morgan fingerprint density at radius 3 is 2.03 bits per heavy atom. The number of ketones is 1. The number of aromatic hydroxyl groups is 2. The summed E-state index contributed by atoms with van der Waals surface area (Å²) in [7, 11) is 6.02. The van der Waals surface area contributed by atoms with E-state index >= 15 is 0 Å². The molecule has 2 aromatic rings. The number of likely N-dealkylation sites (N-methyl/N-ethyl adjacent to an activating group) is 1. The number of carbonyl (C=O) groups excluding carboxylic acids is 2. The van der Waals surface area contributed by atoms with Crippen LogP contribution in [0.5, 0.6) is 28.7 Å². The molecule has 3 N–H and O–H groups in total. The lowest BCUT2D eigenvalue weighted by Crippen LogP contribution is -2.62. The Hall–Kier alpha value is -3.76. The fourth-order valence-corrected chi connectivity index (χ4v) is 6.20. The van der Waals surface area contributed by atoms with Gasteiger partial charge in [-0.25, -0.2) is 0 Å². The van der Waals surface area contributed by atoms with E-state index in [1.807, 2.05) is 19.9 Å². The van der Waals surface area contributed by atoms with Gasteiger partial charge in [0.05, 0.1) is 45.6 Å². The van der Waals surface area contributed by atoms with Crippen LogP contribution < -0.4 is 14.2 Å². The van der Waals surface area contributed by atoms with Crippen LogP contribution in [-0.4, -0.2) is 77.8 Å². The van der Waals surface area contributed by atoms with E-state index in [1.54, 1.807) is 11.9 Å². The van der Waals surface area contributed by atoms with Crippen LogP contribution in [0.15, 0.2) is 5.70 Å². The van der Waals surface area contributed by atoms with Crippen molar-refractivity contribution in [2.75, 3.05) is 35.0 Å². The fraction of sp³-hybridized carbons (Fsp3) is 0.407. The summed E-state index contributed by atoms with van der Waals surface area (Å²) in [6.45, 7) is 4.91. The minimum Gasteiger partial charge on any atom is -0.507 e. The number of aliphatic hydroxyl groups is 1. The maximum absolute atomic E-state index is 14.0. The Balaban J connectivity index is 1.90. The number of hydrogen-bond acceptors (Lipinski definition) is 9. The standard InChI is InChI=1S/C27H30N2O8/c1-10-11(2)25(36-6)26(37-7)16-13(10)8-14-19-17-18(21(31)12(3)24(35-5)23(17)33)22(32)20(28(19)4)27(34)29(14)15(16)9-30/h8,15,19-20,30-31,33H,9H2,1-7H3/t15-,19?,20?/m0/s1. The first kappa shape index (κ1) is 24.9. The predicted molar refractivity (Wildman–Crippen MR) is 133 cm³/mol. The zero-order valence-corrected chi connectivity index (χ0v) is 21.8. The molecular formula is C27H30N2O8. The maximum Gasteiger partial charge on any atom is 0.252 e. The van der Waals surface area contributed by atoms with Crippen molar-refractivity contribution < 1.29 is 39.1 Å². The highest BCUT2D eigenvalue weighted by atomic mass is 16.5. The third-order valence-electron chi connectivity index (χ3n) is 8.06. The number of phenolic OH excluding ortho intramolecular Hbond substituents is 2. The smallest absolute Gasteiger partial charge is 0.252 e. The summed E-state index contributed by atoms with van der Waals surface area (Å²) < 4.78 is 16.7. The fourth-order valence-electron chi connectivity index (χ4n) is 6.20. The van der Waals surface area contributed by atoms with Crippen molar-refractivity contribution >= 4 is 17.8 Å². The number of piperazine rings is 1. The van der Waals surface area contributed by atoms with Gasteiger partial charge in [0.25, 0.3) is 5.91 Å². The first-order chi connectivity index (χ1) is 17.6. The summed E-state index contributed by atoms with van der Waals surface area (Å²) in [4.78, 5) is 30.6. The molecule has 2 unspecified atom stereocenters. The molecule has 3 heterocycles. The number of benzene rings is 2. The summed E-state index contributed by atoms with van der Waals surface area (Å²) in [5.41, 5.74) is 3.76. The molecule has 3 aliphatic heterocycles. The first-order valence-corrected chi connectivity index (χ1v) is 11.9. The van der Waals surface area contributed by atoms with E-state index < -0.39 is 36.4 Å². The molecule has 0 aliphatic carbocycles. The Bertz CT molecular complexity index is 1410. The van der Waals surface area contributed by atoms with Gasteiger partial charge < -0.3 is 34.4 Å². The summed E-state index contributed by atoms with van der Waals surface area (Å²) in [6, 6.07) is -2.92. The molecule has 3 atom stereocenters. The molecule has 0 saturated carbocycles. The van der Waals surface area contributed by atoms with Gasteiger partial charge in [-0.1, -0.05) is 0 Å². The molecule has 2 bridgehead atoms. The number of nitrogens with zero attached hydrogens (tertiary/aromatic N) is 2. The molecular weight excluding hydrogens is 480 g/mol. The highest BCUT2D eigenvalue weighted by Crippen LogP contribution is 2.57. The van der Waals surface area contributed by atoms with Crippen molar-refractivity contribution in [3.05, 3.63) is 44.6 Å². The van der Waals surface area contributed by atoms with Gasteiger partial charge in [0.15, 0.2) is 34.8 Å². The van der Waals surface area contributed by atoms with Crippen molar-refractivity contribution in [1.29, 1.82) is 0 Å². The minimum absolute atomic E-state index is 0.0494. The molecule has 0 aromatic heterocycles. The van der Waals surface area contributed by atoms with Crippen molar-refractivity contribution in [2.24, 2.45) is 0 Å². The summed E-state index contributed by atoms with van der Waals surface area (Å²) in [6.07, 6.45) is 1.82. The molecule has 37 heavy (non-hydrogen) atoms. The molecule has 1 fully saturated rings. The average molecular weight is 511 g/mol. The number of phenols is 2. The van der Waals surface area contributed by atoms with Crippen molar-refractivity contribution in [2.45, 2.75) is 38.9 Å². The number of Topliss-reactive ketones (excluding diaryl/α,β-unsaturated/α-hetero) is 1. The van der Waals surface area contributed by atoms with E-state index in [-0.39, 0.29) is 33.9 Å². The maximum atomic E-state index is 14.0. The lowest BCUT2D eigenvalue weighted by molar-refractivity contribution is -0.141.